The van der Waals surface area contributed by atoms with Gasteiger partial charge in [0.15, 0.2) is 0 Å². The zero-order valence-corrected chi connectivity index (χ0v) is 10.8. The summed E-state index contributed by atoms with van der Waals surface area (Å²) >= 11 is 0. The summed E-state index contributed by atoms with van der Waals surface area (Å²) in [5.74, 6) is 1.00. The Kier molecular flexibility index (Phi) is 4.06. The molecule has 0 atom stereocenters. The van der Waals surface area contributed by atoms with Gasteiger partial charge in [0.25, 0.3) is 12.5 Å². The van der Waals surface area contributed by atoms with Gasteiger partial charge >= 0.3 is 0 Å². The second-order valence-corrected chi connectivity index (χ2v) is 3.93. The monoisotopic (exact) mass is 265 g/mol. The average Bonchev–Trinajstić information content (AvgIpc) is 2.49. The van der Waals surface area contributed by atoms with E-state index in [0.29, 0.717) is 11.5 Å². The lowest BCUT2D eigenvalue weighted by Crippen LogP contribution is -2.08. The van der Waals surface area contributed by atoms with Crippen molar-refractivity contribution < 1.29 is 9.47 Å². The molecule has 0 fully saturated rings. The van der Waals surface area contributed by atoms with Crippen LogP contribution in [0, 0.1) is 23.0 Å². The predicted octanol–water partition coefficient (Wildman–Crippen LogP) is 3.17. The normalized spacial score (nSPS) is 9.15. The highest BCUT2D eigenvalue weighted by atomic mass is 16.5. The molecule has 0 unspecified atom stereocenters. The summed E-state index contributed by atoms with van der Waals surface area (Å²) in [5.41, 5.74) is 1.90. The van der Waals surface area contributed by atoms with E-state index in [1.54, 1.807) is 36.8 Å². The van der Waals surface area contributed by atoms with Crippen molar-refractivity contribution in [1.82, 2.24) is 0 Å². The number of ether oxygens (including phenoxy) is 2. The van der Waals surface area contributed by atoms with Crippen LogP contribution in [0.2, 0.25) is 0 Å². The third kappa shape index (κ3) is 2.98. The zero-order chi connectivity index (χ0) is 14.4. The third-order valence-corrected chi connectivity index (χ3v) is 2.78. The smallest absolute Gasteiger partial charge is 0.292 e. The Morgan fingerprint density at radius 1 is 0.750 bits per heavy atom. The number of hydrogen-bond donors (Lipinski definition) is 0. The van der Waals surface area contributed by atoms with E-state index in [-0.39, 0.29) is 0 Å². The first-order valence-corrected chi connectivity index (χ1v) is 5.80. The van der Waals surface area contributed by atoms with Crippen molar-refractivity contribution >= 4 is 11.4 Å². The molecule has 0 radical (unpaired) electrons. The molecule has 0 aliphatic rings. The highest BCUT2D eigenvalue weighted by molar-refractivity contribution is 5.63. The molecular formula is C15H11N3O2. The first kappa shape index (κ1) is 13.3. The predicted molar refractivity (Wildman–Crippen MR) is 73.4 cm³/mol. The quantitative estimate of drug-likeness (QED) is 0.794. The summed E-state index contributed by atoms with van der Waals surface area (Å²) < 4.78 is 9.46. The molecule has 0 heterocycles. The molecule has 0 bridgehead atoms. The van der Waals surface area contributed by atoms with Gasteiger partial charge in [-0.25, -0.2) is 0 Å². The van der Waals surface area contributed by atoms with Crippen LogP contribution in [0.1, 0.15) is 0 Å². The van der Waals surface area contributed by atoms with Crippen LogP contribution < -0.4 is 14.4 Å². The summed E-state index contributed by atoms with van der Waals surface area (Å²) in [6.07, 6.45) is 3.26. The Bertz CT molecular complexity index is 592. The van der Waals surface area contributed by atoms with Crippen LogP contribution in [-0.2, 0) is 0 Å². The second-order valence-electron chi connectivity index (χ2n) is 3.93. The number of benzene rings is 2. The summed E-state index contributed by atoms with van der Waals surface area (Å²) in [6.45, 7) is 0. The van der Waals surface area contributed by atoms with Crippen LogP contribution in [0.15, 0.2) is 48.5 Å². The lowest BCUT2D eigenvalue weighted by molar-refractivity contribution is 0.507. The minimum atomic E-state index is 0.502. The van der Waals surface area contributed by atoms with E-state index in [4.69, 9.17) is 20.0 Å². The van der Waals surface area contributed by atoms with Gasteiger partial charge in [0.05, 0.1) is 0 Å². The first-order valence-electron chi connectivity index (χ1n) is 5.80. The lowest BCUT2D eigenvalue weighted by Gasteiger charge is -2.19. The Balaban J connectivity index is 2.16. The molecule has 0 aliphatic carbocycles. The van der Waals surface area contributed by atoms with E-state index >= 15 is 0 Å². The van der Waals surface area contributed by atoms with Gasteiger partial charge in [-0.15, -0.1) is 10.5 Å². The van der Waals surface area contributed by atoms with Gasteiger partial charge < -0.3 is 14.4 Å². The molecule has 5 nitrogen and oxygen atoms in total. The van der Waals surface area contributed by atoms with Crippen LogP contribution in [0.25, 0.3) is 0 Å². The lowest BCUT2D eigenvalue weighted by atomic mass is 10.2. The van der Waals surface area contributed by atoms with Crippen molar-refractivity contribution in [3.8, 4) is 24.0 Å². The Hall–Kier alpha value is -3.18. The van der Waals surface area contributed by atoms with Crippen LogP contribution in [-0.4, -0.2) is 7.05 Å². The molecule has 0 spiro atoms. The van der Waals surface area contributed by atoms with E-state index in [9.17, 15) is 0 Å². The van der Waals surface area contributed by atoms with E-state index in [1.807, 2.05) is 36.2 Å². The van der Waals surface area contributed by atoms with Crippen LogP contribution in [0.3, 0.4) is 0 Å². The van der Waals surface area contributed by atoms with Crippen LogP contribution >= 0.6 is 0 Å². The third-order valence-electron chi connectivity index (χ3n) is 2.78. The van der Waals surface area contributed by atoms with Gasteiger partial charge in [0.1, 0.15) is 11.5 Å². The standard InChI is InChI=1S/C15H11N3O2/c1-18(12-2-6-14(7-3-12)19-10-16)13-4-8-15(9-5-13)20-11-17/h2-9H,1H3. The topological polar surface area (TPSA) is 69.3 Å². The maximum absolute atomic E-state index is 8.43. The largest absolute Gasteiger partial charge is 0.388 e. The van der Waals surface area contributed by atoms with Crippen LogP contribution in [0.4, 0.5) is 11.4 Å². The van der Waals surface area contributed by atoms with Gasteiger partial charge in [0.2, 0.25) is 0 Å². The molecule has 0 amide bonds. The fraction of sp³-hybridized carbons (Fsp3) is 0.0667. The molecule has 20 heavy (non-hydrogen) atoms. The van der Waals surface area contributed by atoms with Gasteiger partial charge in [0, 0.05) is 18.4 Å². The summed E-state index contributed by atoms with van der Waals surface area (Å²) in [6, 6.07) is 14.3. The fourth-order valence-corrected chi connectivity index (χ4v) is 1.73. The van der Waals surface area contributed by atoms with Crippen molar-refractivity contribution in [2.24, 2.45) is 0 Å². The molecule has 0 saturated carbocycles. The highest BCUT2D eigenvalue weighted by Gasteiger charge is 2.05. The Morgan fingerprint density at radius 3 is 1.40 bits per heavy atom. The molecule has 0 N–H and O–H groups in total. The van der Waals surface area contributed by atoms with Crippen molar-refractivity contribution in [3.05, 3.63) is 48.5 Å². The molecule has 2 aromatic carbocycles. The Morgan fingerprint density at radius 2 is 1.10 bits per heavy atom. The number of nitrogens with zero attached hydrogens (tertiary/aromatic N) is 3. The molecule has 2 rings (SSSR count). The number of nitriles is 2. The second kappa shape index (κ2) is 6.12. The van der Waals surface area contributed by atoms with Gasteiger partial charge in [-0.05, 0) is 48.5 Å². The molecule has 0 aromatic heterocycles. The van der Waals surface area contributed by atoms with E-state index in [2.05, 4.69) is 0 Å². The van der Waals surface area contributed by atoms with Crippen LogP contribution in [0.5, 0.6) is 11.5 Å². The Labute approximate surface area is 116 Å². The molecule has 0 saturated heterocycles. The SMILES string of the molecule is CN(c1ccc(OC#N)cc1)c1ccc(OC#N)cc1. The molecule has 2 aromatic rings. The minimum Gasteiger partial charge on any atom is -0.388 e. The number of rotatable bonds is 4. The van der Waals surface area contributed by atoms with Crippen molar-refractivity contribution in [1.29, 1.82) is 10.5 Å². The van der Waals surface area contributed by atoms with E-state index in [0.717, 1.165) is 11.4 Å². The summed E-state index contributed by atoms with van der Waals surface area (Å²) in [5, 5.41) is 16.9. The first-order chi connectivity index (χ1) is 9.74. The highest BCUT2D eigenvalue weighted by Crippen LogP contribution is 2.27. The van der Waals surface area contributed by atoms with E-state index < -0.39 is 0 Å². The van der Waals surface area contributed by atoms with E-state index in [1.165, 1.54) is 0 Å². The molecule has 98 valence electrons. The van der Waals surface area contributed by atoms with Gasteiger partial charge in [-0.2, -0.15) is 0 Å². The molecule has 5 heteroatoms. The average molecular weight is 265 g/mol. The summed E-state index contributed by atoms with van der Waals surface area (Å²) in [4.78, 5) is 1.96. The zero-order valence-electron chi connectivity index (χ0n) is 10.8. The van der Waals surface area contributed by atoms with Crippen molar-refractivity contribution in [2.45, 2.75) is 0 Å². The van der Waals surface area contributed by atoms with Gasteiger partial charge in [-0.1, -0.05) is 0 Å². The molecule has 0 aliphatic heterocycles. The van der Waals surface area contributed by atoms with Crippen molar-refractivity contribution in [3.63, 3.8) is 0 Å². The van der Waals surface area contributed by atoms with Crippen molar-refractivity contribution in [2.75, 3.05) is 11.9 Å². The number of anilines is 2. The maximum Gasteiger partial charge on any atom is 0.292 e. The fourth-order valence-electron chi connectivity index (χ4n) is 1.73. The minimum absolute atomic E-state index is 0.502. The summed E-state index contributed by atoms with van der Waals surface area (Å²) in [7, 11) is 1.92. The number of hydrogen-bond acceptors (Lipinski definition) is 5. The van der Waals surface area contributed by atoms with Gasteiger partial charge in [-0.3, -0.25) is 0 Å². The molecular weight excluding hydrogens is 254 g/mol. The maximum atomic E-state index is 8.43.